The molecule has 0 aliphatic carbocycles. The van der Waals surface area contributed by atoms with Crippen LogP contribution in [0, 0.1) is 0 Å². The standard InChI is InChI=1S/C21H27NO5S2/c1-15(2)16-8-10-18(11-9-16)29(25,26)21-14-28(23,24)13-19(21)22-12-17-6-4-5-7-20(17)27-3/h4-11,15,19,21-22H,12-14H2,1-3H3/t19-,21-/m0/s1. The lowest BCUT2D eigenvalue weighted by atomic mass is 10.0. The first-order valence-electron chi connectivity index (χ1n) is 9.53. The van der Waals surface area contributed by atoms with E-state index in [1.54, 1.807) is 31.4 Å². The zero-order valence-corrected chi connectivity index (χ0v) is 18.5. The molecule has 1 N–H and O–H groups in total. The number of benzene rings is 2. The summed E-state index contributed by atoms with van der Waals surface area (Å²) in [7, 11) is -5.68. The van der Waals surface area contributed by atoms with Gasteiger partial charge >= 0.3 is 0 Å². The fourth-order valence-corrected chi connectivity index (χ4v) is 8.34. The number of nitrogens with one attached hydrogen (secondary N) is 1. The molecule has 2 aromatic rings. The summed E-state index contributed by atoms with van der Waals surface area (Å²) >= 11 is 0. The van der Waals surface area contributed by atoms with E-state index >= 15 is 0 Å². The van der Waals surface area contributed by atoms with Crippen molar-refractivity contribution < 1.29 is 21.6 Å². The highest BCUT2D eigenvalue weighted by Crippen LogP contribution is 2.28. The third kappa shape index (κ3) is 4.82. The third-order valence-electron chi connectivity index (χ3n) is 5.32. The van der Waals surface area contributed by atoms with Crippen molar-refractivity contribution in [1.29, 1.82) is 0 Å². The monoisotopic (exact) mass is 437 g/mol. The normalized spacial score (nSPS) is 21.4. The fourth-order valence-electron chi connectivity index (χ4n) is 3.62. The van der Waals surface area contributed by atoms with Crippen molar-refractivity contribution in [3.63, 3.8) is 0 Å². The molecule has 1 saturated heterocycles. The number of rotatable bonds is 7. The number of methoxy groups -OCH3 is 1. The average Bonchev–Trinajstić information content (AvgIpc) is 3.02. The predicted molar refractivity (Wildman–Crippen MR) is 114 cm³/mol. The fraction of sp³-hybridized carbons (Fsp3) is 0.429. The molecule has 1 aliphatic rings. The van der Waals surface area contributed by atoms with Gasteiger partial charge in [0.15, 0.2) is 19.7 Å². The average molecular weight is 438 g/mol. The summed E-state index contributed by atoms with van der Waals surface area (Å²) in [6.45, 7) is 4.39. The van der Waals surface area contributed by atoms with Crippen molar-refractivity contribution in [2.75, 3.05) is 18.6 Å². The summed E-state index contributed by atoms with van der Waals surface area (Å²) in [4.78, 5) is 0.160. The van der Waals surface area contributed by atoms with Gasteiger partial charge in [0.1, 0.15) is 5.75 Å². The van der Waals surface area contributed by atoms with Gasteiger partial charge in [-0.1, -0.05) is 44.2 Å². The minimum absolute atomic E-state index is 0.160. The van der Waals surface area contributed by atoms with Gasteiger partial charge in [-0.2, -0.15) is 0 Å². The minimum atomic E-state index is -3.79. The van der Waals surface area contributed by atoms with E-state index in [1.807, 2.05) is 38.1 Å². The van der Waals surface area contributed by atoms with Gasteiger partial charge in [0, 0.05) is 18.2 Å². The largest absolute Gasteiger partial charge is 0.496 e. The lowest BCUT2D eigenvalue weighted by molar-refractivity contribution is 0.406. The zero-order valence-electron chi connectivity index (χ0n) is 16.8. The summed E-state index contributed by atoms with van der Waals surface area (Å²) in [5.41, 5.74) is 1.88. The number of para-hydroxylation sites is 1. The second kappa shape index (κ2) is 8.45. The van der Waals surface area contributed by atoms with E-state index in [2.05, 4.69) is 5.32 Å². The van der Waals surface area contributed by atoms with E-state index in [4.69, 9.17) is 4.74 Å². The Morgan fingerprint density at radius 2 is 1.72 bits per heavy atom. The highest BCUT2D eigenvalue weighted by molar-refractivity contribution is 7.96. The molecule has 2 aromatic carbocycles. The number of hydrogen-bond donors (Lipinski definition) is 1. The van der Waals surface area contributed by atoms with E-state index in [1.165, 1.54) is 0 Å². The summed E-state index contributed by atoms with van der Waals surface area (Å²) in [6.07, 6.45) is 0. The first-order chi connectivity index (χ1) is 13.6. The van der Waals surface area contributed by atoms with Crippen molar-refractivity contribution in [3.8, 4) is 5.75 Å². The molecule has 0 radical (unpaired) electrons. The molecular formula is C21H27NO5S2. The maximum absolute atomic E-state index is 13.2. The Bertz CT molecular complexity index is 1060. The molecule has 2 atom stereocenters. The second-order valence-corrected chi connectivity index (χ2v) is 12.0. The number of ether oxygens (including phenoxy) is 1. The molecule has 29 heavy (non-hydrogen) atoms. The van der Waals surface area contributed by atoms with Crippen LogP contribution in [0.3, 0.4) is 0 Å². The van der Waals surface area contributed by atoms with Crippen molar-refractivity contribution in [3.05, 3.63) is 59.7 Å². The molecule has 0 amide bonds. The van der Waals surface area contributed by atoms with E-state index in [0.29, 0.717) is 12.3 Å². The topological polar surface area (TPSA) is 89.5 Å². The predicted octanol–water partition coefficient (Wildman–Crippen LogP) is 2.55. The van der Waals surface area contributed by atoms with Gasteiger partial charge in [0.2, 0.25) is 0 Å². The Hall–Kier alpha value is -1.90. The van der Waals surface area contributed by atoms with Gasteiger partial charge in [0.05, 0.1) is 28.8 Å². The van der Waals surface area contributed by atoms with Crippen LogP contribution in [0.2, 0.25) is 0 Å². The van der Waals surface area contributed by atoms with Crippen LogP contribution in [0.15, 0.2) is 53.4 Å². The molecule has 0 spiro atoms. The summed E-state index contributed by atoms with van der Waals surface area (Å²) < 4.78 is 56.3. The molecular weight excluding hydrogens is 410 g/mol. The zero-order chi connectivity index (χ0) is 21.2. The molecule has 3 rings (SSSR count). The Morgan fingerprint density at radius 3 is 2.34 bits per heavy atom. The van der Waals surface area contributed by atoms with Crippen molar-refractivity contribution in [1.82, 2.24) is 5.32 Å². The molecule has 1 fully saturated rings. The first kappa shape index (κ1) is 21.8. The lowest BCUT2D eigenvalue weighted by Crippen LogP contribution is -2.43. The van der Waals surface area contributed by atoms with Gasteiger partial charge < -0.3 is 10.1 Å². The van der Waals surface area contributed by atoms with Crippen LogP contribution in [0.25, 0.3) is 0 Å². The van der Waals surface area contributed by atoms with Crippen LogP contribution in [-0.4, -0.2) is 46.7 Å². The number of sulfone groups is 2. The minimum Gasteiger partial charge on any atom is -0.496 e. The van der Waals surface area contributed by atoms with E-state index in [0.717, 1.165) is 11.1 Å². The Kier molecular flexibility index (Phi) is 6.36. The number of hydrogen-bond acceptors (Lipinski definition) is 6. The highest BCUT2D eigenvalue weighted by Gasteiger charge is 2.45. The summed E-state index contributed by atoms with van der Waals surface area (Å²) in [5.74, 6) is 0.388. The highest BCUT2D eigenvalue weighted by atomic mass is 32.2. The molecule has 0 bridgehead atoms. The smallest absolute Gasteiger partial charge is 0.183 e. The van der Waals surface area contributed by atoms with Crippen LogP contribution in [-0.2, 0) is 26.2 Å². The maximum atomic E-state index is 13.2. The molecule has 8 heteroatoms. The summed E-state index contributed by atoms with van der Waals surface area (Å²) in [6, 6.07) is 13.4. The van der Waals surface area contributed by atoms with Gasteiger partial charge in [0.25, 0.3) is 0 Å². The second-order valence-electron chi connectivity index (χ2n) is 7.68. The van der Waals surface area contributed by atoms with Gasteiger partial charge in [-0.25, -0.2) is 16.8 Å². The van der Waals surface area contributed by atoms with E-state index in [-0.39, 0.29) is 22.3 Å². The molecule has 1 aliphatic heterocycles. The SMILES string of the molecule is COc1ccccc1CN[C@H]1CS(=O)(=O)C[C@@H]1S(=O)(=O)c1ccc(C(C)C)cc1. The van der Waals surface area contributed by atoms with Crippen molar-refractivity contribution in [2.24, 2.45) is 0 Å². The molecule has 0 unspecified atom stereocenters. The molecule has 0 aromatic heterocycles. The van der Waals surface area contributed by atoms with Gasteiger partial charge in [-0.05, 0) is 29.7 Å². The maximum Gasteiger partial charge on any atom is 0.183 e. The quantitative estimate of drug-likeness (QED) is 0.716. The molecule has 1 heterocycles. The Labute approximate surface area is 173 Å². The van der Waals surface area contributed by atoms with Gasteiger partial charge in [-0.15, -0.1) is 0 Å². The summed E-state index contributed by atoms with van der Waals surface area (Å²) in [5, 5.41) is 2.12. The van der Waals surface area contributed by atoms with Gasteiger partial charge in [-0.3, -0.25) is 0 Å². The molecule has 6 nitrogen and oxygen atoms in total. The van der Waals surface area contributed by atoms with E-state index < -0.39 is 31.0 Å². The van der Waals surface area contributed by atoms with Crippen LogP contribution in [0.4, 0.5) is 0 Å². The first-order valence-corrected chi connectivity index (χ1v) is 12.9. The van der Waals surface area contributed by atoms with Crippen LogP contribution < -0.4 is 10.1 Å². The molecule has 0 saturated carbocycles. The van der Waals surface area contributed by atoms with Crippen molar-refractivity contribution in [2.45, 2.75) is 42.5 Å². The van der Waals surface area contributed by atoms with E-state index in [9.17, 15) is 16.8 Å². The third-order valence-corrected chi connectivity index (χ3v) is 9.49. The van der Waals surface area contributed by atoms with Crippen LogP contribution in [0.1, 0.15) is 30.9 Å². The Morgan fingerprint density at radius 1 is 1.07 bits per heavy atom. The Balaban J connectivity index is 1.85. The lowest BCUT2D eigenvalue weighted by Gasteiger charge is -2.21. The molecule has 158 valence electrons. The van der Waals surface area contributed by atoms with Crippen LogP contribution in [0.5, 0.6) is 5.75 Å². The van der Waals surface area contributed by atoms with Crippen LogP contribution >= 0.6 is 0 Å². The van der Waals surface area contributed by atoms with Crippen molar-refractivity contribution >= 4 is 19.7 Å².